The molecule has 0 spiro atoms. The van der Waals surface area contributed by atoms with E-state index in [2.05, 4.69) is 20.8 Å². The molecule has 0 radical (unpaired) electrons. The summed E-state index contributed by atoms with van der Waals surface area (Å²) in [5.41, 5.74) is 2.10. The Hall–Kier alpha value is -2.28. The van der Waals surface area contributed by atoms with Crippen molar-refractivity contribution in [2.45, 2.75) is 40.2 Å². The highest BCUT2D eigenvalue weighted by atomic mass is 32.1. The SMILES string of the molecule is CCC(C)C(NC(C)=O)C(=O)Nc1nnc(-c2cccc(C)c2)s1. The molecule has 0 fully saturated rings. The lowest BCUT2D eigenvalue weighted by atomic mass is 9.98. The van der Waals surface area contributed by atoms with Crippen molar-refractivity contribution in [3.8, 4) is 10.6 Å². The van der Waals surface area contributed by atoms with Crippen LogP contribution in [0.3, 0.4) is 0 Å². The minimum atomic E-state index is -0.584. The van der Waals surface area contributed by atoms with Crippen LogP contribution in [0, 0.1) is 12.8 Å². The molecule has 2 unspecified atom stereocenters. The lowest BCUT2D eigenvalue weighted by molar-refractivity contribution is -0.126. The second kappa shape index (κ2) is 8.01. The standard InChI is InChI=1S/C17H22N4O2S/c1-5-11(3)14(18-12(4)22)15(23)19-17-21-20-16(24-17)13-8-6-7-10(2)9-13/h6-9,11,14H,5H2,1-4H3,(H,18,22)(H,19,21,23). The first-order chi connectivity index (χ1) is 11.4. The smallest absolute Gasteiger partial charge is 0.249 e. The number of benzene rings is 1. The van der Waals surface area contributed by atoms with Gasteiger partial charge in [0.2, 0.25) is 16.9 Å². The minimum absolute atomic E-state index is 0.0260. The number of amides is 2. The summed E-state index contributed by atoms with van der Waals surface area (Å²) in [7, 11) is 0. The Morgan fingerprint density at radius 2 is 2.04 bits per heavy atom. The van der Waals surface area contributed by atoms with Crippen LogP contribution in [0.5, 0.6) is 0 Å². The molecule has 0 saturated carbocycles. The summed E-state index contributed by atoms with van der Waals surface area (Å²) < 4.78 is 0. The van der Waals surface area contributed by atoms with Gasteiger partial charge in [0, 0.05) is 12.5 Å². The average Bonchev–Trinajstić information content (AvgIpc) is 3.00. The fourth-order valence-electron chi connectivity index (χ4n) is 2.27. The zero-order valence-corrected chi connectivity index (χ0v) is 15.1. The van der Waals surface area contributed by atoms with Gasteiger partial charge in [-0.3, -0.25) is 14.9 Å². The number of nitrogens with zero attached hydrogens (tertiary/aromatic N) is 2. The molecule has 0 aliphatic carbocycles. The molecule has 1 aromatic heterocycles. The second-order valence-corrected chi connectivity index (χ2v) is 6.81. The van der Waals surface area contributed by atoms with Crippen molar-refractivity contribution in [1.29, 1.82) is 0 Å². The molecule has 2 atom stereocenters. The van der Waals surface area contributed by atoms with E-state index < -0.39 is 6.04 Å². The van der Waals surface area contributed by atoms with Gasteiger partial charge in [-0.05, 0) is 18.9 Å². The average molecular weight is 346 g/mol. The molecular weight excluding hydrogens is 324 g/mol. The number of anilines is 1. The molecular formula is C17H22N4O2S. The Balaban J connectivity index is 2.12. The monoisotopic (exact) mass is 346 g/mol. The third-order valence-corrected chi connectivity index (χ3v) is 4.66. The maximum Gasteiger partial charge on any atom is 0.249 e. The first kappa shape index (κ1) is 18.1. The van der Waals surface area contributed by atoms with Gasteiger partial charge in [0.15, 0.2) is 0 Å². The van der Waals surface area contributed by atoms with Crippen molar-refractivity contribution in [3.05, 3.63) is 29.8 Å². The van der Waals surface area contributed by atoms with E-state index in [-0.39, 0.29) is 17.7 Å². The van der Waals surface area contributed by atoms with E-state index in [4.69, 9.17) is 0 Å². The number of aryl methyl sites for hydroxylation is 1. The zero-order chi connectivity index (χ0) is 17.7. The summed E-state index contributed by atoms with van der Waals surface area (Å²) in [6, 6.07) is 7.36. The summed E-state index contributed by atoms with van der Waals surface area (Å²) in [5, 5.41) is 14.8. The van der Waals surface area contributed by atoms with Gasteiger partial charge < -0.3 is 5.32 Å². The number of carbonyl (C=O) groups excluding carboxylic acids is 2. The molecule has 2 amide bonds. The minimum Gasteiger partial charge on any atom is -0.344 e. The van der Waals surface area contributed by atoms with Crippen LogP contribution in [0.2, 0.25) is 0 Å². The molecule has 1 heterocycles. The summed E-state index contributed by atoms with van der Waals surface area (Å²) in [5.74, 6) is -0.474. The summed E-state index contributed by atoms with van der Waals surface area (Å²) in [6.07, 6.45) is 0.781. The third-order valence-electron chi connectivity index (χ3n) is 3.77. The van der Waals surface area contributed by atoms with Crippen molar-refractivity contribution in [2.24, 2.45) is 5.92 Å². The van der Waals surface area contributed by atoms with Crippen molar-refractivity contribution in [2.75, 3.05) is 5.32 Å². The van der Waals surface area contributed by atoms with Crippen LogP contribution in [0.15, 0.2) is 24.3 Å². The van der Waals surface area contributed by atoms with Gasteiger partial charge in [0.1, 0.15) is 11.0 Å². The van der Waals surface area contributed by atoms with Crippen LogP contribution in [-0.2, 0) is 9.59 Å². The number of carbonyl (C=O) groups is 2. The summed E-state index contributed by atoms with van der Waals surface area (Å²) in [4.78, 5) is 23.8. The van der Waals surface area contributed by atoms with Crippen LogP contribution < -0.4 is 10.6 Å². The molecule has 2 N–H and O–H groups in total. The third kappa shape index (κ3) is 4.61. The first-order valence-electron chi connectivity index (χ1n) is 7.89. The van der Waals surface area contributed by atoms with Gasteiger partial charge in [0.05, 0.1) is 0 Å². The van der Waals surface area contributed by atoms with Gasteiger partial charge in [-0.1, -0.05) is 55.4 Å². The van der Waals surface area contributed by atoms with Crippen molar-refractivity contribution >= 4 is 28.3 Å². The number of aromatic nitrogens is 2. The fourth-order valence-corrected chi connectivity index (χ4v) is 3.02. The summed E-state index contributed by atoms with van der Waals surface area (Å²) >= 11 is 1.31. The number of hydrogen-bond donors (Lipinski definition) is 2. The van der Waals surface area contributed by atoms with E-state index in [0.717, 1.165) is 22.6 Å². The van der Waals surface area contributed by atoms with Crippen LogP contribution in [-0.4, -0.2) is 28.1 Å². The van der Waals surface area contributed by atoms with E-state index in [1.165, 1.54) is 18.3 Å². The molecule has 2 aromatic rings. The Morgan fingerprint density at radius 1 is 1.29 bits per heavy atom. The second-order valence-electron chi connectivity index (χ2n) is 5.83. The normalized spacial score (nSPS) is 13.2. The molecule has 0 bridgehead atoms. The predicted molar refractivity (Wildman–Crippen MR) is 95.8 cm³/mol. The van der Waals surface area contributed by atoms with Gasteiger partial charge in [0.25, 0.3) is 0 Å². The first-order valence-corrected chi connectivity index (χ1v) is 8.70. The number of nitrogens with one attached hydrogen (secondary N) is 2. The van der Waals surface area contributed by atoms with Crippen molar-refractivity contribution < 1.29 is 9.59 Å². The Bertz CT molecular complexity index is 729. The number of rotatable bonds is 6. The molecule has 6 nitrogen and oxygen atoms in total. The van der Waals surface area contributed by atoms with Crippen molar-refractivity contribution in [1.82, 2.24) is 15.5 Å². The topological polar surface area (TPSA) is 84.0 Å². The van der Waals surface area contributed by atoms with Gasteiger partial charge >= 0.3 is 0 Å². The molecule has 0 aliphatic heterocycles. The van der Waals surface area contributed by atoms with E-state index in [0.29, 0.717) is 5.13 Å². The number of hydrogen-bond acceptors (Lipinski definition) is 5. The predicted octanol–water partition coefficient (Wildman–Crippen LogP) is 3.00. The maximum atomic E-state index is 12.5. The van der Waals surface area contributed by atoms with E-state index in [1.807, 2.05) is 45.0 Å². The van der Waals surface area contributed by atoms with E-state index >= 15 is 0 Å². The van der Waals surface area contributed by atoms with Gasteiger partial charge in [-0.15, -0.1) is 10.2 Å². The van der Waals surface area contributed by atoms with Crippen molar-refractivity contribution in [3.63, 3.8) is 0 Å². The highest BCUT2D eigenvalue weighted by Crippen LogP contribution is 2.27. The molecule has 1 aromatic carbocycles. The Morgan fingerprint density at radius 3 is 2.67 bits per heavy atom. The molecule has 128 valence electrons. The highest BCUT2D eigenvalue weighted by molar-refractivity contribution is 7.18. The molecule has 2 rings (SSSR count). The lowest BCUT2D eigenvalue weighted by Gasteiger charge is -2.22. The van der Waals surface area contributed by atoms with E-state index in [1.54, 1.807) is 0 Å². The van der Waals surface area contributed by atoms with Crippen LogP contribution in [0.4, 0.5) is 5.13 Å². The molecule has 0 aliphatic rings. The quantitative estimate of drug-likeness (QED) is 0.842. The Kier molecular flexibility index (Phi) is 6.03. The lowest BCUT2D eigenvalue weighted by Crippen LogP contribution is -2.46. The van der Waals surface area contributed by atoms with Crippen LogP contribution in [0.25, 0.3) is 10.6 Å². The largest absolute Gasteiger partial charge is 0.344 e. The van der Waals surface area contributed by atoms with Crippen LogP contribution in [0.1, 0.15) is 32.8 Å². The highest BCUT2D eigenvalue weighted by Gasteiger charge is 2.25. The Labute approximate surface area is 145 Å². The van der Waals surface area contributed by atoms with Gasteiger partial charge in [-0.2, -0.15) is 0 Å². The molecule has 7 heteroatoms. The zero-order valence-electron chi connectivity index (χ0n) is 14.3. The summed E-state index contributed by atoms with van der Waals surface area (Å²) in [6.45, 7) is 7.33. The van der Waals surface area contributed by atoms with E-state index in [9.17, 15) is 9.59 Å². The molecule has 24 heavy (non-hydrogen) atoms. The maximum absolute atomic E-state index is 12.5. The fraction of sp³-hybridized carbons (Fsp3) is 0.412. The van der Waals surface area contributed by atoms with Crippen LogP contribution >= 0.6 is 11.3 Å². The van der Waals surface area contributed by atoms with Gasteiger partial charge in [-0.25, -0.2) is 0 Å². The molecule has 0 saturated heterocycles.